The molecule has 2 amide bonds. The van der Waals surface area contributed by atoms with Gasteiger partial charge in [-0.1, -0.05) is 18.6 Å². The number of hydrogen-bond acceptors (Lipinski definition) is 3. The van der Waals surface area contributed by atoms with E-state index in [0.29, 0.717) is 18.7 Å². The Balaban J connectivity index is 1.38. The van der Waals surface area contributed by atoms with Crippen LogP contribution in [0.15, 0.2) is 42.6 Å². The molecule has 2 aromatic heterocycles. The molecule has 6 nitrogen and oxygen atoms in total. The highest BCUT2D eigenvalue weighted by molar-refractivity contribution is 5.94. The van der Waals surface area contributed by atoms with Crippen molar-refractivity contribution in [2.45, 2.75) is 46.5 Å². The first-order valence-corrected chi connectivity index (χ1v) is 10.0. The van der Waals surface area contributed by atoms with Gasteiger partial charge in [-0.15, -0.1) is 0 Å². The van der Waals surface area contributed by atoms with E-state index in [1.807, 2.05) is 61.7 Å². The fraction of sp³-hybridized carbons (Fsp3) is 0.348. The SMILES string of the molecule is Cc1cc(C)cc(NC(=O)CCCCCNC(=O)c2c(C)nc3ccccn23)c1. The van der Waals surface area contributed by atoms with Crippen LogP contribution >= 0.6 is 0 Å². The van der Waals surface area contributed by atoms with Gasteiger partial charge in [-0.3, -0.25) is 14.0 Å². The second-order valence-corrected chi connectivity index (χ2v) is 7.47. The lowest BCUT2D eigenvalue weighted by Gasteiger charge is -2.08. The van der Waals surface area contributed by atoms with E-state index >= 15 is 0 Å². The summed E-state index contributed by atoms with van der Waals surface area (Å²) in [5, 5.41) is 5.91. The zero-order valence-electron chi connectivity index (χ0n) is 17.3. The number of anilines is 1. The summed E-state index contributed by atoms with van der Waals surface area (Å²) in [6, 6.07) is 11.7. The second kappa shape index (κ2) is 9.37. The van der Waals surface area contributed by atoms with E-state index in [-0.39, 0.29) is 11.8 Å². The predicted octanol–water partition coefficient (Wildman–Crippen LogP) is 4.19. The Kier molecular flexibility index (Phi) is 6.65. The molecule has 0 spiro atoms. The molecule has 3 aromatic rings. The summed E-state index contributed by atoms with van der Waals surface area (Å²) in [5.74, 6) is -0.0887. The number of nitrogens with zero attached hydrogens (tertiary/aromatic N) is 2. The molecule has 0 aliphatic carbocycles. The first kappa shape index (κ1) is 20.6. The highest BCUT2D eigenvalue weighted by atomic mass is 16.2. The highest BCUT2D eigenvalue weighted by Gasteiger charge is 2.15. The second-order valence-electron chi connectivity index (χ2n) is 7.47. The molecule has 3 rings (SSSR count). The van der Waals surface area contributed by atoms with Gasteiger partial charge in [0.25, 0.3) is 5.91 Å². The Labute approximate surface area is 171 Å². The number of benzene rings is 1. The van der Waals surface area contributed by atoms with E-state index in [9.17, 15) is 9.59 Å². The lowest BCUT2D eigenvalue weighted by atomic mass is 10.1. The van der Waals surface area contributed by atoms with E-state index in [0.717, 1.165) is 47.4 Å². The Bertz CT molecular complexity index is 1000. The van der Waals surface area contributed by atoms with Crippen molar-refractivity contribution in [1.29, 1.82) is 0 Å². The summed E-state index contributed by atoms with van der Waals surface area (Å²) in [6.45, 7) is 6.46. The number of aryl methyl sites for hydroxylation is 3. The average Bonchev–Trinajstić information content (AvgIpc) is 2.99. The average molecular weight is 393 g/mol. The first-order valence-electron chi connectivity index (χ1n) is 10.0. The zero-order valence-corrected chi connectivity index (χ0v) is 17.3. The van der Waals surface area contributed by atoms with Crippen LogP contribution in [0.4, 0.5) is 5.69 Å². The zero-order chi connectivity index (χ0) is 20.8. The Morgan fingerprint density at radius 3 is 2.52 bits per heavy atom. The molecule has 2 N–H and O–H groups in total. The van der Waals surface area contributed by atoms with Crippen LogP contribution in [0.2, 0.25) is 0 Å². The first-order chi connectivity index (χ1) is 13.9. The van der Waals surface area contributed by atoms with Crippen molar-refractivity contribution >= 4 is 23.1 Å². The van der Waals surface area contributed by atoms with Crippen LogP contribution in [-0.2, 0) is 4.79 Å². The van der Waals surface area contributed by atoms with E-state index in [1.165, 1.54) is 0 Å². The topological polar surface area (TPSA) is 75.5 Å². The van der Waals surface area contributed by atoms with E-state index in [2.05, 4.69) is 21.7 Å². The molecule has 0 bridgehead atoms. The number of amides is 2. The molecule has 29 heavy (non-hydrogen) atoms. The number of rotatable bonds is 8. The maximum Gasteiger partial charge on any atom is 0.270 e. The number of carbonyl (C=O) groups is 2. The molecule has 0 fully saturated rings. The van der Waals surface area contributed by atoms with E-state index < -0.39 is 0 Å². The smallest absolute Gasteiger partial charge is 0.270 e. The molecule has 0 aliphatic heterocycles. The number of imidazole rings is 1. The Morgan fingerprint density at radius 2 is 1.76 bits per heavy atom. The van der Waals surface area contributed by atoms with Crippen LogP contribution in [0, 0.1) is 20.8 Å². The van der Waals surface area contributed by atoms with Crippen LogP contribution < -0.4 is 10.6 Å². The molecule has 152 valence electrons. The van der Waals surface area contributed by atoms with Gasteiger partial charge in [-0.25, -0.2) is 4.98 Å². The monoisotopic (exact) mass is 392 g/mol. The van der Waals surface area contributed by atoms with Crippen molar-refractivity contribution in [1.82, 2.24) is 14.7 Å². The number of carbonyl (C=O) groups excluding carboxylic acids is 2. The van der Waals surface area contributed by atoms with Gasteiger partial charge in [-0.2, -0.15) is 0 Å². The maximum atomic E-state index is 12.5. The van der Waals surface area contributed by atoms with Crippen molar-refractivity contribution < 1.29 is 9.59 Å². The third-order valence-electron chi connectivity index (χ3n) is 4.79. The molecule has 0 radical (unpaired) electrons. The molecule has 6 heteroatoms. The maximum absolute atomic E-state index is 12.5. The minimum absolute atomic E-state index is 0.0281. The van der Waals surface area contributed by atoms with Crippen LogP contribution in [-0.4, -0.2) is 27.7 Å². The standard InChI is InChI=1S/C23H28N4O2/c1-16-13-17(2)15-19(14-16)26-21(28)10-5-4-7-11-24-23(29)22-18(3)25-20-9-6-8-12-27(20)22/h6,8-9,12-15H,4-5,7,10-11H2,1-3H3,(H,24,29)(H,26,28). The van der Waals surface area contributed by atoms with Gasteiger partial charge >= 0.3 is 0 Å². The van der Waals surface area contributed by atoms with Gasteiger partial charge in [0.1, 0.15) is 11.3 Å². The van der Waals surface area contributed by atoms with Crippen LogP contribution in [0.1, 0.15) is 53.0 Å². The summed E-state index contributed by atoms with van der Waals surface area (Å²) < 4.78 is 1.81. The Hall–Kier alpha value is -3.15. The van der Waals surface area contributed by atoms with Gasteiger partial charge in [0, 0.05) is 24.8 Å². The van der Waals surface area contributed by atoms with Crippen molar-refractivity contribution in [2.24, 2.45) is 0 Å². The summed E-state index contributed by atoms with van der Waals surface area (Å²) in [7, 11) is 0. The van der Waals surface area contributed by atoms with Crippen LogP contribution in [0.3, 0.4) is 0 Å². The molecular formula is C23H28N4O2. The fourth-order valence-corrected chi connectivity index (χ4v) is 3.53. The number of unbranched alkanes of at least 4 members (excludes halogenated alkanes) is 2. The lowest BCUT2D eigenvalue weighted by Crippen LogP contribution is -2.26. The van der Waals surface area contributed by atoms with Crippen LogP contribution in [0.5, 0.6) is 0 Å². The quantitative estimate of drug-likeness (QED) is 0.565. The third-order valence-corrected chi connectivity index (χ3v) is 4.79. The van der Waals surface area contributed by atoms with Crippen molar-refractivity contribution in [2.75, 3.05) is 11.9 Å². The number of hydrogen-bond donors (Lipinski definition) is 2. The summed E-state index contributed by atoms with van der Waals surface area (Å²) >= 11 is 0. The largest absolute Gasteiger partial charge is 0.351 e. The van der Waals surface area contributed by atoms with Crippen LogP contribution in [0.25, 0.3) is 5.65 Å². The molecule has 2 heterocycles. The van der Waals surface area contributed by atoms with Gasteiger partial charge in [0.2, 0.25) is 5.91 Å². The van der Waals surface area contributed by atoms with Gasteiger partial charge in [0.05, 0.1) is 5.69 Å². The van der Waals surface area contributed by atoms with Gasteiger partial charge < -0.3 is 10.6 Å². The molecule has 0 atom stereocenters. The molecule has 1 aromatic carbocycles. The van der Waals surface area contributed by atoms with E-state index in [4.69, 9.17) is 0 Å². The molecule has 0 saturated carbocycles. The predicted molar refractivity (Wildman–Crippen MR) is 115 cm³/mol. The Morgan fingerprint density at radius 1 is 1.00 bits per heavy atom. The van der Waals surface area contributed by atoms with Crippen molar-refractivity contribution in [3.05, 3.63) is 65.1 Å². The number of fused-ring (bicyclic) bond motifs is 1. The van der Waals surface area contributed by atoms with Crippen molar-refractivity contribution in [3.63, 3.8) is 0 Å². The molecule has 0 saturated heterocycles. The third kappa shape index (κ3) is 5.44. The minimum atomic E-state index is -0.117. The summed E-state index contributed by atoms with van der Waals surface area (Å²) in [5.41, 5.74) is 5.19. The molecular weight excluding hydrogens is 364 g/mol. The lowest BCUT2D eigenvalue weighted by molar-refractivity contribution is -0.116. The van der Waals surface area contributed by atoms with Gasteiger partial charge in [0.15, 0.2) is 0 Å². The summed E-state index contributed by atoms with van der Waals surface area (Å²) in [6.07, 6.45) is 4.83. The minimum Gasteiger partial charge on any atom is -0.351 e. The number of aromatic nitrogens is 2. The number of pyridine rings is 1. The normalized spacial score (nSPS) is 10.9. The van der Waals surface area contributed by atoms with Crippen molar-refractivity contribution in [3.8, 4) is 0 Å². The van der Waals surface area contributed by atoms with Gasteiger partial charge in [-0.05, 0) is 69.0 Å². The summed E-state index contributed by atoms with van der Waals surface area (Å²) in [4.78, 5) is 29.0. The highest BCUT2D eigenvalue weighted by Crippen LogP contribution is 2.15. The molecule has 0 aliphatic rings. The van der Waals surface area contributed by atoms with E-state index in [1.54, 1.807) is 0 Å². The number of nitrogens with one attached hydrogen (secondary N) is 2. The molecule has 0 unspecified atom stereocenters. The fourth-order valence-electron chi connectivity index (χ4n) is 3.53.